The van der Waals surface area contributed by atoms with E-state index in [2.05, 4.69) is 49.7 Å². The van der Waals surface area contributed by atoms with E-state index in [1.165, 1.54) is 0 Å². The van der Waals surface area contributed by atoms with Crippen molar-refractivity contribution < 1.29 is 4.79 Å². The summed E-state index contributed by atoms with van der Waals surface area (Å²) in [6.07, 6.45) is 0. The Balaban J connectivity index is 2.00. The van der Waals surface area contributed by atoms with Gasteiger partial charge in [0.05, 0.1) is 5.54 Å². The Hall–Kier alpha value is -1.30. The molecule has 138 valence electrons. The van der Waals surface area contributed by atoms with E-state index >= 15 is 0 Å². The molecule has 24 heavy (non-hydrogen) atoms. The van der Waals surface area contributed by atoms with Gasteiger partial charge in [0.25, 0.3) is 0 Å². The molecule has 1 aliphatic carbocycles. The van der Waals surface area contributed by atoms with Crippen LogP contribution in [0.1, 0.15) is 48.5 Å². The van der Waals surface area contributed by atoms with E-state index in [0.717, 1.165) is 38.7 Å². The number of hydrogen-bond acceptors (Lipinski definition) is 3. The Morgan fingerprint density at radius 1 is 1.17 bits per heavy atom. The maximum Gasteiger partial charge on any atom is 0.237 e. The summed E-state index contributed by atoms with van der Waals surface area (Å²) >= 11 is 0. The molecule has 1 amide bonds. The second-order valence-corrected chi connectivity index (χ2v) is 8.72. The second kappa shape index (κ2) is 6.21. The van der Waals surface area contributed by atoms with Crippen molar-refractivity contribution in [3.63, 3.8) is 0 Å². The Morgan fingerprint density at radius 3 is 2.04 bits per heavy atom. The van der Waals surface area contributed by atoms with E-state index in [1.54, 1.807) is 0 Å². The van der Waals surface area contributed by atoms with Crippen LogP contribution in [0.2, 0.25) is 0 Å². The van der Waals surface area contributed by atoms with E-state index in [4.69, 9.17) is 10.7 Å². The number of amides is 1. The Morgan fingerprint density at radius 2 is 1.67 bits per heavy atom. The normalized spacial score (nSPS) is 24.8. The first kappa shape index (κ1) is 19.0. The number of aliphatic imine (C=N–C) groups is 1. The summed E-state index contributed by atoms with van der Waals surface area (Å²) in [4.78, 5) is 20.8. The molecule has 6 nitrogen and oxygen atoms in total. The monoisotopic (exact) mass is 337 g/mol. The number of carbonyl (C=O) groups is 1. The van der Waals surface area contributed by atoms with E-state index in [0.29, 0.717) is 6.04 Å². The lowest BCUT2D eigenvalue weighted by Crippen LogP contribution is -2.61. The summed E-state index contributed by atoms with van der Waals surface area (Å²) in [5.74, 6) is 0.732. The number of guanidine groups is 1. The molecule has 0 aromatic carbocycles. The third kappa shape index (κ3) is 3.13. The van der Waals surface area contributed by atoms with Gasteiger partial charge >= 0.3 is 0 Å². The molecule has 1 aliphatic heterocycles. The van der Waals surface area contributed by atoms with Gasteiger partial charge in [0, 0.05) is 38.8 Å². The number of piperazine rings is 1. The zero-order valence-electron chi connectivity index (χ0n) is 16.4. The van der Waals surface area contributed by atoms with Gasteiger partial charge < -0.3 is 16.0 Å². The molecule has 2 aliphatic rings. The molecule has 0 unspecified atom stereocenters. The van der Waals surface area contributed by atoms with Gasteiger partial charge in [0.15, 0.2) is 5.96 Å². The largest absolute Gasteiger partial charge is 0.368 e. The summed E-state index contributed by atoms with van der Waals surface area (Å²) in [6, 6.07) is 0.440. The fourth-order valence-electron chi connectivity index (χ4n) is 3.71. The van der Waals surface area contributed by atoms with Crippen molar-refractivity contribution in [3.8, 4) is 0 Å². The lowest BCUT2D eigenvalue weighted by Gasteiger charge is -2.43. The molecule has 3 N–H and O–H groups in total. The van der Waals surface area contributed by atoms with Crippen molar-refractivity contribution in [2.24, 2.45) is 21.6 Å². The molecule has 1 heterocycles. The Labute approximate surface area is 146 Å². The number of nitrogens with one attached hydrogen (secondary N) is 1. The van der Waals surface area contributed by atoms with Crippen LogP contribution in [0.5, 0.6) is 0 Å². The molecule has 0 bridgehead atoms. The molecule has 2 fully saturated rings. The SMILES string of the molecule is CCN=C(NC1C(C)(C)C1(C)C)N1CCN(C(C)(C)C(N)=O)CC1. The third-order valence-corrected chi connectivity index (χ3v) is 6.57. The zero-order valence-corrected chi connectivity index (χ0v) is 16.4. The molecule has 0 aromatic rings. The van der Waals surface area contributed by atoms with Crippen LogP contribution >= 0.6 is 0 Å². The highest BCUT2D eigenvalue weighted by Gasteiger charge is 2.65. The fourth-order valence-corrected chi connectivity index (χ4v) is 3.71. The average molecular weight is 338 g/mol. The number of hydrogen-bond donors (Lipinski definition) is 2. The molecular weight excluding hydrogens is 302 g/mol. The summed E-state index contributed by atoms with van der Waals surface area (Å²) in [5.41, 5.74) is 5.50. The molecule has 0 aromatic heterocycles. The van der Waals surface area contributed by atoms with Gasteiger partial charge in [-0.2, -0.15) is 0 Å². The highest BCUT2D eigenvalue weighted by molar-refractivity contribution is 5.84. The standard InChI is InChI=1S/C18H35N5O/c1-8-20-15(21-13-16(2,3)17(13,4)5)22-9-11-23(12-10-22)18(6,7)14(19)24/h13H,8-12H2,1-7H3,(H2,19,24)(H,20,21). The minimum atomic E-state index is -0.595. The quantitative estimate of drug-likeness (QED) is 0.598. The summed E-state index contributed by atoms with van der Waals surface area (Å²) in [5, 5.41) is 3.68. The molecule has 0 atom stereocenters. The highest BCUT2D eigenvalue weighted by atomic mass is 16.1. The number of rotatable bonds is 4. The number of carbonyl (C=O) groups excluding carboxylic acids is 1. The van der Waals surface area contributed by atoms with Gasteiger partial charge in [-0.15, -0.1) is 0 Å². The van der Waals surface area contributed by atoms with Gasteiger partial charge in [0.1, 0.15) is 0 Å². The van der Waals surface area contributed by atoms with Gasteiger partial charge in [-0.1, -0.05) is 27.7 Å². The minimum Gasteiger partial charge on any atom is -0.368 e. The summed E-state index contributed by atoms with van der Waals surface area (Å²) in [7, 11) is 0. The van der Waals surface area contributed by atoms with Crippen LogP contribution < -0.4 is 11.1 Å². The van der Waals surface area contributed by atoms with E-state index in [9.17, 15) is 4.79 Å². The third-order valence-electron chi connectivity index (χ3n) is 6.57. The van der Waals surface area contributed by atoms with Gasteiger partial charge in [-0.3, -0.25) is 14.7 Å². The van der Waals surface area contributed by atoms with Crippen LogP contribution in [-0.2, 0) is 4.79 Å². The minimum absolute atomic E-state index is 0.266. The first-order chi connectivity index (χ1) is 11.0. The van der Waals surface area contributed by atoms with Crippen molar-refractivity contribution in [2.75, 3.05) is 32.7 Å². The van der Waals surface area contributed by atoms with Crippen molar-refractivity contribution in [2.45, 2.75) is 60.0 Å². The van der Waals surface area contributed by atoms with Crippen LogP contribution in [0.15, 0.2) is 4.99 Å². The molecule has 0 radical (unpaired) electrons. The second-order valence-electron chi connectivity index (χ2n) is 8.72. The summed E-state index contributed by atoms with van der Waals surface area (Å²) in [6.45, 7) is 19.2. The molecule has 0 spiro atoms. The molecule has 6 heteroatoms. The van der Waals surface area contributed by atoms with Crippen LogP contribution in [-0.4, -0.2) is 66.0 Å². The molecule has 1 saturated carbocycles. The van der Waals surface area contributed by atoms with E-state index < -0.39 is 5.54 Å². The first-order valence-electron chi connectivity index (χ1n) is 9.07. The van der Waals surface area contributed by atoms with Crippen molar-refractivity contribution in [3.05, 3.63) is 0 Å². The molecule has 2 rings (SSSR count). The number of nitrogens with two attached hydrogens (primary N) is 1. The fraction of sp³-hybridized carbons (Fsp3) is 0.889. The van der Waals surface area contributed by atoms with Crippen molar-refractivity contribution in [1.29, 1.82) is 0 Å². The zero-order chi connectivity index (χ0) is 18.3. The highest BCUT2D eigenvalue weighted by Crippen LogP contribution is 2.62. The first-order valence-corrected chi connectivity index (χ1v) is 9.07. The Kier molecular flexibility index (Phi) is 4.92. The van der Waals surface area contributed by atoms with Crippen molar-refractivity contribution in [1.82, 2.24) is 15.1 Å². The Bertz CT molecular complexity index is 502. The molecule has 1 saturated heterocycles. The predicted octanol–water partition coefficient (Wildman–Crippen LogP) is 1.27. The van der Waals surface area contributed by atoms with E-state index in [1.807, 2.05) is 13.8 Å². The maximum atomic E-state index is 11.7. The topological polar surface area (TPSA) is 74.0 Å². The van der Waals surface area contributed by atoms with Crippen LogP contribution in [0.3, 0.4) is 0 Å². The van der Waals surface area contributed by atoms with Crippen LogP contribution in [0.4, 0.5) is 0 Å². The van der Waals surface area contributed by atoms with Gasteiger partial charge in [-0.25, -0.2) is 0 Å². The average Bonchev–Trinajstić information content (AvgIpc) is 2.88. The van der Waals surface area contributed by atoms with Gasteiger partial charge in [0.2, 0.25) is 5.91 Å². The van der Waals surface area contributed by atoms with Gasteiger partial charge in [-0.05, 0) is 31.6 Å². The smallest absolute Gasteiger partial charge is 0.237 e. The maximum absolute atomic E-state index is 11.7. The lowest BCUT2D eigenvalue weighted by atomic mass is 10.0. The van der Waals surface area contributed by atoms with Crippen LogP contribution in [0.25, 0.3) is 0 Å². The van der Waals surface area contributed by atoms with Crippen molar-refractivity contribution >= 4 is 11.9 Å². The number of nitrogens with zero attached hydrogens (tertiary/aromatic N) is 3. The molecular formula is C18H35N5O. The van der Waals surface area contributed by atoms with Crippen LogP contribution in [0, 0.1) is 10.8 Å². The summed E-state index contributed by atoms with van der Waals surface area (Å²) < 4.78 is 0. The number of primary amides is 1. The van der Waals surface area contributed by atoms with E-state index in [-0.39, 0.29) is 16.7 Å². The predicted molar refractivity (Wildman–Crippen MR) is 98.9 cm³/mol. The lowest BCUT2D eigenvalue weighted by molar-refractivity contribution is -0.129.